The van der Waals surface area contributed by atoms with Crippen LogP contribution in [0.2, 0.25) is 0 Å². The number of carbonyl (C=O) groups is 1. The predicted octanol–water partition coefficient (Wildman–Crippen LogP) is 2.87. The Labute approximate surface area is 168 Å². The van der Waals surface area contributed by atoms with Crippen molar-refractivity contribution in [1.29, 1.82) is 0 Å². The van der Waals surface area contributed by atoms with Crippen molar-refractivity contribution in [2.75, 3.05) is 11.1 Å². The van der Waals surface area contributed by atoms with Gasteiger partial charge in [0.05, 0.1) is 16.3 Å². The summed E-state index contributed by atoms with van der Waals surface area (Å²) in [6.07, 6.45) is 3.55. The van der Waals surface area contributed by atoms with Crippen molar-refractivity contribution in [3.05, 3.63) is 66.0 Å². The van der Waals surface area contributed by atoms with Gasteiger partial charge in [-0.2, -0.15) is 0 Å². The van der Waals surface area contributed by atoms with Gasteiger partial charge in [-0.05, 0) is 49.2 Å². The number of hydrogen-bond donors (Lipinski definition) is 2. The summed E-state index contributed by atoms with van der Waals surface area (Å²) in [5, 5.41) is 8.49. The van der Waals surface area contributed by atoms with Gasteiger partial charge in [-0.1, -0.05) is 30.0 Å². The fraction of sp³-hybridized carbons (Fsp3) is 0.158. The molecular formula is C19H20N4O3S2. The topological polar surface area (TPSA) is 107 Å². The molecule has 0 aliphatic carbocycles. The van der Waals surface area contributed by atoms with E-state index in [0.29, 0.717) is 10.8 Å². The third-order valence-electron chi connectivity index (χ3n) is 4.01. The molecule has 0 unspecified atom stereocenters. The second-order valence-electron chi connectivity index (χ2n) is 6.28. The van der Waals surface area contributed by atoms with Crippen LogP contribution in [0.5, 0.6) is 0 Å². The molecule has 3 aromatic rings. The Hall–Kier alpha value is -2.62. The molecule has 3 rings (SSSR count). The first-order valence-corrected chi connectivity index (χ1v) is 10.9. The Morgan fingerprint density at radius 3 is 2.75 bits per heavy atom. The standard InChI is InChI=1S/C19H20N4O3S2/c1-13-6-7-14(2)17(10-13)23-9-8-21-19(23)27-12-18(24)22-15-4-3-5-16(11-15)28(20,25)26/h3-11H,12H2,1-2H3,(H,22,24)(H2,20,25,26). The Morgan fingerprint density at radius 1 is 1.21 bits per heavy atom. The molecular weight excluding hydrogens is 396 g/mol. The molecule has 0 aliphatic rings. The minimum Gasteiger partial charge on any atom is -0.325 e. The number of nitrogens with one attached hydrogen (secondary N) is 1. The smallest absolute Gasteiger partial charge is 0.238 e. The van der Waals surface area contributed by atoms with E-state index < -0.39 is 10.0 Å². The maximum absolute atomic E-state index is 12.3. The molecule has 0 saturated carbocycles. The van der Waals surface area contributed by atoms with Crippen LogP contribution in [0.3, 0.4) is 0 Å². The van der Waals surface area contributed by atoms with Crippen LogP contribution in [0.25, 0.3) is 5.69 Å². The van der Waals surface area contributed by atoms with Crippen LogP contribution in [0, 0.1) is 13.8 Å². The van der Waals surface area contributed by atoms with Gasteiger partial charge in [0.15, 0.2) is 5.16 Å². The molecule has 3 N–H and O–H groups in total. The van der Waals surface area contributed by atoms with Gasteiger partial charge in [-0.3, -0.25) is 9.36 Å². The van der Waals surface area contributed by atoms with Gasteiger partial charge >= 0.3 is 0 Å². The second kappa shape index (κ2) is 8.17. The van der Waals surface area contributed by atoms with E-state index in [1.807, 2.05) is 36.7 Å². The quantitative estimate of drug-likeness (QED) is 0.601. The summed E-state index contributed by atoms with van der Waals surface area (Å²) in [5.41, 5.74) is 3.63. The summed E-state index contributed by atoms with van der Waals surface area (Å²) in [6.45, 7) is 4.05. The SMILES string of the molecule is Cc1ccc(C)c(-n2ccnc2SCC(=O)Nc2cccc(S(N)(=O)=O)c2)c1. The molecule has 28 heavy (non-hydrogen) atoms. The van der Waals surface area contributed by atoms with Crippen molar-refractivity contribution in [3.63, 3.8) is 0 Å². The van der Waals surface area contributed by atoms with E-state index in [2.05, 4.69) is 16.4 Å². The Morgan fingerprint density at radius 2 is 2.00 bits per heavy atom. The maximum atomic E-state index is 12.3. The third-order valence-corrected chi connectivity index (χ3v) is 5.89. The summed E-state index contributed by atoms with van der Waals surface area (Å²) in [4.78, 5) is 16.6. The lowest BCUT2D eigenvalue weighted by Crippen LogP contribution is -2.16. The van der Waals surface area contributed by atoms with Gasteiger partial charge in [0, 0.05) is 18.1 Å². The van der Waals surface area contributed by atoms with Crippen LogP contribution in [0.1, 0.15) is 11.1 Å². The number of imidazole rings is 1. The zero-order valence-electron chi connectivity index (χ0n) is 15.4. The predicted molar refractivity (Wildman–Crippen MR) is 110 cm³/mol. The number of sulfonamides is 1. The Balaban J connectivity index is 1.70. The molecule has 1 aromatic heterocycles. The molecule has 7 nitrogen and oxygen atoms in total. The number of carbonyl (C=O) groups excluding carboxylic acids is 1. The largest absolute Gasteiger partial charge is 0.325 e. The van der Waals surface area contributed by atoms with Crippen LogP contribution in [-0.2, 0) is 14.8 Å². The number of anilines is 1. The van der Waals surface area contributed by atoms with Crippen LogP contribution in [-0.4, -0.2) is 29.6 Å². The van der Waals surface area contributed by atoms with Gasteiger partial charge in [-0.25, -0.2) is 18.5 Å². The van der Waals surface area contributed by atoms with Crippen LogP contribution in [0.15, 0.2) is 64.9 Å². The average molecular weight is 417 g/mol. The van der Waals surface area contributed by atoms with E-state index in [0.717, 1.165) is 16.8 Å². The number of primary sulfonamides is 1. The number of thioether (sulfide) groups is 1. The van der Waals surface area contributed by atoms with Gasteiger partial charge < -0.3 is 5.32 Å². The molecule has 0 fully saturated rings. The first-order valence-electron chi connectivity index (χ1n) is 8.40. The number of benzene rings is 2. The normalized spacial score (nSPS) is 11.4. The zero-order chi connectivity index (χ0) is 20.3. The molecule has 0 spiro atoms. The summed E-state index contributed by atoms with van der Waals surface area (Å²) < 4.78 is 24.8. The molecule has 146 valence electrons. The van der Waals surface area contributed by atoms with Crippen LogP contribution < -0.4 is 10.5 Å². The molecule has 2 aromatic carbocycles. The summed E-state index contributed by atoms with van der Waals surface area (Å²) in [7, 11) is -3.82. The summed E-state index contributed by atoms with van der Waals surface area (Å²) >= 11 is 1.30. The van der Waals surface area contributed by atoms with E-state index in [1.165, 1.54) is 30.0 Å². The highest BCUT2D eigenvalue weighted by Gasteiger charge is 2.12. The second-order valence-corrected chi connectivity index (χ2v) is 8.78. The van der Waals surface area contributed by atoms with E-state index >= 15 is 0 Å². The lowest BCUT2D eigenvalue weighted by Gasteiger charge is -2.11. The molecule has 0 aliphatic heterocycles. The monoisotopic (exact) mass is 416 g/mol. The number of aryl methyl sites for hydroxylation is 2. The van der Waals surface area contributed by atoms with Gasteiger partial charge in [0.2, 0.25) is 15.9 Å². The number of rotatable bonds is 6. The fourth-order valence-electron chi connectivity index (χ4n) is 2.64. The summed E-state index contributed by atoms with van der Waals surface area (Å²) in [6, 6.07) is 12.0. The number of nitrogens with two attached hydrogens (primary N) is 1. The fourth-order valence-corrected chi connectivity index (χ4v) is 3.96. The number of amides is 1. The van der Waals surface area contributed by atoms with Crippen molar-refractivity contribution in [3.8, 4) is 5.69 Å². The Kier molecular flexibility index (Phi) is 5.87. The summed E-state index contributed by atoms with van der Waals surface area (Å²) in [5.74, 6) is -0.145. The van der Waals surface area contributed by atoms with Gasteiger partial charge in [0.25, 0.3) is 0 Å². The lowest BCUT2D eigenvalue weighted by molar-refractivity contribution is -0.113. The highest BCUT2D eigenvalue weighted by atomic mass is 32.2. The third kappa shape index (κ3) is 4.80. The number of aromatic nitrogens is 2. The van der Waals surface area contributed by atoms with Crippen molar-refractivity contribution in [1.82, 2.24) is 9.55 Å². The molecule has 0 radical (unpaired) electrons. The molecule has 0 bridgehead atoms. The van der Waals surface area contributed by atoms with Gasteiger partial charge in [-0.15, -0.1) is 0 Å². The van der Waals surface area contributed by atoms with Crippen LogP contribution >= 0.6 is 11.8 Å². The highest BCUT2D eigenvalue weighted by molar-refractivity contribution is 7.99. The molecule has 1 amide bonds. The molecule has 0 saturated heterocycles. The molecule has 0 atom stereocenters. The van der Waals surface area contributed by atoms with E-state index in [-0.39, 0.29) is 16.6 Å². The minimum atomic E-state index is -3.82. The lowest BCUT2D eigenvalue weighted by atomic mass is 10.1. The maximum Gasteiger partial charge on any atom is 0.238 e. The highest BCUT2D eigenvalue weighted by Crippen LogP contribution is 2.24. The molecule has 9 heteroatoms. The minimum absolute atomic E-state index is 0.0524. The first kappa shape index (κ1) is 20.1. The zero-order valence-corrected chi connectivity index (χ0v) is 17.0. The van der Waals surface area contributed by atoms with Crippen molar-refractivity contribution in [2.45, 2.75) is 23.9 Å². The van der Waals surface area contributed by atoms with Gasteiger partial charge in [0.1, 0.15) is 0 Å². The number of nitrogens with zero attached hydrogens (tertiary/aromatic N) is 2. The number of hydrogen-bond acceptors (Lipinski definition) is 5. The van der Waals surface area contributed by atoms with Crippen molar-refractivity contribution in [2.24, 2.45) is 5.14 Å². The first-order chi connectivity index (χ1) is 13.2. The average Bonchev–Trinajstić information content (AvgIpc) is 3.10. The van der Waals surface area contributed by atoms with Crippen LogP contribution in [0.4, 0.5) is 5.69 Å². The van der Waals surface area contributed by atoms with E-state index in [4.69, 9.17) is 5.14 Å². The Bertz CT molecular complexity index is 1120. The van der Waals surface area contributed by atoms with Crippen molar-refractivity contribution >= 4 is 33.4 Å². The van der Waals surface area contributed by atoms with E-state index in [9.17, 15) is 13.2 Å². The van der Waals surface area contributed by atoms with E-state index in [1.54, 1.807) is 12.3 Å². The molecule has 1 heterocycles. The van der Waals surface area contributed by atoms with Crippen molar-refractivity contribution < 1.29 is 13.2 Å².